The number of nitrogens with zero attached hydrogens (tertiary/aromatic N) is 5. The van der Waals surface area contributed by atoms with Gasteiger partial charge in [0.25, 0.3) is 5.56 Å². The highest BCUT2D eigenvalue weighted by Crippen LogP contribution is 2.21. The SMILES string of the molecule is CC(C)n1c(N/N=C/c2ccccc2Cl)nc2c1c(=O)n(C)c(=O)n2C. The van der Waals surface area contributed by atoms with Gasteiger partial charge in [-0.1, -0.05) is 29.8 Å². The number of hydrazone groups is 1. The summed E-state index contributed by atoms with van der Waals surface area (Å²) < 4.78 is 4.14. The summed E-state index contributed by atoms with van der Waals surface area (Å²) in [6.45, 7) is 3.85. The van der Waals surface area contributed by atoms with Crippen molar-refractivity contribution in [2.24, 2.45) is 19.2 Å². The Morgan fingerprint density at radius 2 is 1.88 bits per heavy atom. The highest BCUT2D eigenvalue weighted by Gasteiger charge is 2.20. The van der Waals surface area contributed by atoms with Gasteiger partial charge in [-0.05, 0) is 19.9 Å². The average Bonchev–Trinajstić information content (AvgIpc) is 2.99. The number of rotatable bonds is 4. The van der Waals surface area contributed by atoms with Crippen LogP contribution in [0.15, 0.2) is 39.0 Å². The van der Waals surface area contributed by atoms with E-state index in [0.717, 1.165) is 10.1 Å². The summed E-state index contributed by atoms with van der Waals surface area (Å²) in [5.41, 5.74) is 3.43. The lowest BCUT2D eigenvalue weighted by atomic mass is 10.2. The predicted octanol–water partition coefficient (Wildman–Crippen LogP) is 2.11. The van der Waals surface area contributed by atoms with Crippen molar-refractivity contribution >= 4 is 34.9 Å². The minimum atomic E-state index is -0.429. The van der Waals surface area contributed by atoms with Crippen LogP contribution in [0.3, 0.4) is 0 Å². The summed E-state index contributed by atoms with van der Waals surface area (Å²) in [4.78, 5) is 29.1. The molecule has 0 aliphatic rings. The maximum atomic E-state index is 12.6. The van der Waals surface area contributed by atoms with E-state index in [0.29, 0.717) is 22.1 Å². The third-order valence-corrected chi connectivity index (χ3v) is 4.43. The van der Waals surface area contributed by atoms with Crippen molar-refractivity contribution in [2.75, 3.05) is 5.43 Å². The Balaban J connectivity index is 2.12. The summed E-state index contributed by atoms with van der Waals surface area (Å²) in [5, 5.41) is 4.75. The van der Waals surface area contributed by atoms with Crippen molar-refractivity contribution in [1.82, 2.24) is 18.7 Å². The first kappa shape index (κ1) is 17.9. The second kappa shape index (κ2) is 6.80. The fourth-order valence-electron chi connectivity index (χ4n) is 2.74. The Labute approximate surface area is 154 Å². The second-order valence-corrected chi connectivity index (χ2v) is 6.58. The minimum absolute atomic E-state index is 0.0665. The molecule has 9 heteroatoms. The van der Waals surface area contributed by atoms with Crippen LogP contribution >= 0.6 is 11.6 Å². The smallest absolute Gasteiger partial charge is 0.300 e. The first-order valence-electron chi connectivity index (χ1n) is 8.04. The van der Waals surface area contributed by atoms with E-state index in [1.165, 1.54) is 11.6 Å². The number of benzene rings is 1. The standard InChI is InChI=1S/C17H19ClN6O2/c1-10(2)24-13-14(22(3)17(26)23(4)15(13)25)20-16(24)21-19-9-11-7-5-6-8-12(11)18/h5-10H,1-4H3,(H,20,21)/b19-9+. The lowest BCUT2D eigenvalue weighted by Gasteiger charge is -2.12. The first-order chi connectivity index (χ1) is 12.3. The van der Waals surface area contributed by atoms with E-state index in [9.17, 15) is 9.59 Å². The van der Waals surface area contributed by atoms with Crippen LogP contribution in [0.25, 0.3) is 11.2 Å². The van der Waals surface area contributed by atoms with Gasteiger partial charge < -0.3 is 4.57 Å². The zero-order valence-electron chi connectivity index (χ0n) is 14.9. The molecule has 26 heavy (non-hydrogen) atoms. The molecule has 0 aliphatic carbocycles. The molecule has 1 N–H and O–H groups in total. The van der Waals surface area contributed by atoms with Crippen molar-refractivity contribution in [3.05, 3.63) is 55.7 Å². The first-order valence-corrected chi connectivity index (χ1v) is 8.42. The third kappa shape index (κ3) is 2.92. The topological polar surface area (TPSA) is 86.2 Å². The van der Waals surface area contributed by atoms with E-state index >= 15 is 0 Å². The molecule has 0 amide bonds. The van der Waals surface area contributed by atoms with Gasteiger partial charge in [0.2, 0.25) is 5.95 Å². The van der Waals surface area contributed by atoms with Gasteiger partial charge >= 0.3 is 5.69 Å². The number of fused-ring (bicyclic) bond motifs is 1. The van der Waals surface area contributed by atoms with Gasteiger partial charge in [0, 0.05) is 30.7 Å². The van der Waals surface area contributed by atoms with Gasteiger partial charge in [-0.3, -0.25) is 13.9 Å². The molecular formula is C17H19ClN6O2. The van der Waals surface area contributed by atoms with Crippen LogP contribution in [0.1, 0.15) is 25.5 Å². The summed E-state index contributed by atoms with van der Waals surface area (Å²) >= 11 is 6.11. The molecule has 2 aromatic heterocycles. The Morgan fingerprint density at radius 1 is 1.19 bits per heavy atom. The van der Waals surface area contributed by atoms with E-state index in [4.69, 9.17) is 11.6 Å². The zero-order chi connectivity index (χ0) is 19.0. The zero-order valence-corrected chi connectivity index (χ0v) is 15.7. The maximum absolute atomic E-state index is 12.6. The fraction of sp³-hybridized carbons (Fsp3) is 0.294. The molecule has 136 valence electrons. The molecule has 0 saturated carbocycles. The van der Waals surface area contributed by atoms with E-state index in [-0.39, 0.29) is 6.04 Å². The number of aryl methyl sites for hydroxylation is 1. The molecule has 0 spiro atoms. The van der Waals surface area contributed by atoms with Crippen molar-refractivity contribution < 1.29 is 0 Å². The Bertz CT molecular complexity index is 1120. The van der Waals surface area contributed by atoms with Crippen LogP contribution in [-0.4, -0.2) is 24.9 Å². The fourth-order valence-corrected chi connectivity index (χ4v) is 2.92. The highest BCUT2D eigenvalue weighted by molar-refractivity contribution is 6.33. The molecule has 8 nitrogen and oxygen atoms in total. The molecule has 3 rings (SSSR count). The number of hydrogen-bond acceptors (Lipinski definition) is 5. The largest absolute Gasteiger partial charge is 0.332 e. The lowest BCUT2D eigenvalue weighted by molar-refractivity contribution is 0.615. The van der Waals surface area contributed by atoms with Crippen molar-refractivity contribution in [1.29, 1.82) is 0 Å². The number of halogens is 1. The van der Waals surface area contributed by atoms with Crippen LogP contribution in [0.4, 0.5) is 5.95 Å². The molecule has 0 saturated heterocycles. The lowest BCUT2D eigenvalue weighted by Crippen LogP contribution is -2.37. The summed E-state index contributed by atoms with van der Waals surface area (Å²) in [5.74, 6) is 0.372. The second-order valence-electron chi connectivity index (χ2n) is 6.17. The number of nitrogens with one attached hydrogen (secondary N) is 1. The monoisotopic (exact) mass is 374 g/mol. The van der Waals surface area contributed by atoms with Gasteiger partial charge in [0.05, 0.1) is 6.21 Å². The summed E-state index contributed by atoms with van der Waals surface area (Å²) in [6, 6.07) is 7.23. The van der Waals surface area contributed by atoms with Crippen molar-refractivity contribution in [3.63, 3.8) is 0 Å². The van der Waals surface area contributed by atoms with Gasteiger partial charge in [-0.25, -0.2) is 10.2 Å². The normalized spacial score (nSPS) is 11.8. The van der Waals surface area contributed by atoms with E-state index in [1.54, 1.807) is 23.9 Å². The summed E-state index contributed by atoms with van der Waals surface area (Å²) in [7, 11) is 3.03. The Kier molecular flexibility index (Phi) is 4.69. The number of anilines is 1. The molecule has 3 aromatic rings. The van der Waals surface area contributed by atoms with E-state index in [2.05, 4.69) is 15.5 Å². The highest BCUT2D eigenvalue weighted by atomic mass is 35.5. The molecule has 0 bridgehead atoms. The van der Waals surface area contributed by atoms with Crippen LogP contribution in [0, 0.1) is 0 Å². The molecule has 0 unspecified atom stereocenters. The predicted molar refractivity (Wildman–Crippen MR) is 103 cm³/mol. The Hall–Kier alpha value is -2.87. The number of hydrogen-bond donors (Lipinski definition) is 1. The molecule has 0 radical (unpaired) electrons. The quantitative estimate of drug-likeness (QED) is 0.559. The third-order valence-electron chi connectivity index (χ3n) is 4.08. The van der Waals surface area contributed by atoms with Gasteiger partial charge in [0.1, 0.15) is 0 Å². The van der Waals surface area contributed by atoms with Crippen molar-refractivity contribution in [2.45, 2.75) is 19.9 Å². The molecule has 0 atom stereocenters. The molecule has 0 fully saturated rings. The molecule has 0 aliphatic heterocycles. The van der Waals surface area contributed by atoms with Gasteiger partial charge in [-0.15, -0.1) is 0 Å². The van der Waals surface area contributed by atoms with Crippen molar-refractivity contribution in [3.8, 4) is 0 Å². The Morgan fingerprint density at radius 3 is 2.54 bits per heavy atom. The number of aromatic nitrogens is 4. The van der Waals surface area contributed by atoms with Crippen LogP contribution < -0.4 is 16.7 Å². The van der Waals surface area contributed by atoms with Crippen LogP contribution in [0.5, 0.6) is 0 Å². The minimum Gasteiger partial charge on any atom is -0.300 e. The molecular weight excluding hydrogens is 356 g/mol. The van der Waals surface area contributed by atoms with E-state index in [1.807, 2.05) is 32.0 Å². The number of imidazole rings is 1. The van der Waals surface area contributed by atoms with Gasteiger partial charge in [-0.2, -0.15) is 10.1 Å². The van der Waals surface area contributed by atoms with Crippen LogP contribution in [-0.2, 0) is 14.1 Å². The molecule has 1 aromatic carbocycles. The average molecular weight is 375 g/mol. The maximum Gasteiger partial charge on any atom is 0.332 e. The van der Waals surface area contributed by atoms with E-state index < -0.39 is 11.2 Å². The van der Waals surface area contributed by atoms with Gasteiger partial charge in [0.15, 0.2) is 11.2 Å². The summed E-state index contributed by atoms with van der Waals surface area (Å²) in [6.07, 6.45) is 1.57. The van der Waals surface area contributed by atoms with Crippen LogP contribution in [0.2, 0.25) is 5.02 Å². The molecule has 2 heterocycles.